The van der Waals surface area contributed by atoms with E-state index in [4.69, 9.17) is 8.92 Å². The maximum Gasteiger partial charge on any atom is 0.420 e. The van der Waals surface area contributed by atoms with Gasteiger partial charge in [-0.05, 0) is 37.1 Å². The van der Waals surface area contributed by atoms with E-state index in [9.17, 15) is 21.6 Å². The topological polar surface area (TPSA) is 52.6 Å². The number of hydrogen-bond donors (Lipinski definition) is 0. The van der Waals surface area contributed by atoms with Crippen molar-refractivity contribution in [1.82, 2.24) is 0 Å². The van der Waals surface area contributed by atoms with Crippen molar-refractivity contribution in [1.29, 1.82) is 0 Å². The Morgan fingerprint density at radius 1 is 1.00 bits per heavy atom. The van der Waals surface area contributed by atoms with Crippen LogP contribution < -0.4 is 8.92 Å². The third-order valence-corrected chi connectivity index (χ3v) is 5.02. The highest BCUT2D eigenvalue weighted by atomic mass is 32.2. The Labute approximate surface area is 150 Å². The van der Waals surface area contributed by atoms with Gasteiger partial charge in [0.25, 0.3) is 0 Å². The first-order chi connectivity index (χ1) is 12.0. The van der Waals surface area contributed by atoms with Crippen molar-refractivity contribution < 1.29 is 30.5 Å². The molecule has 0 aliphatic rings. The van der Waals surface area contributed by atoms with E-state index in [0.29, 0.717) is 11.6 Å². The molecule has 2 rings (SSSR count). The fraction of sp³-hybridized carbons (Fsp3) is 0.333. The van der Waals surface area contributed by atoms with Gasteiger partial charge in [-0.2, -0.15) is 21.6 Å². The highest BCUT2D eigenvalue weighted by molar-refractivity contribution is 7.87. The molecule has 0 amide bonds. The first-order valence-corrected chi connectivity index (χ1v) is 9.17. The average molecular weight is 388 g/mol. The van der Waals surface area contributed by atoms with Gasteiger partial charge in [0, 0.05) is 5.56 Å². The van der Waals surface area contributed by atoms with Crippen molar-refractivity contribution >= 4 is 10.1 Å². The predicted molar refractivity (Wildman–Crippen MR) is 91.1 cm³/mol. The lowest BCUT2D eigenvalue weighted by Gasteiger charge is -2.19. The first kappa shape index (κ1) is 20.1. The van der Waals surface area contributed by atoms with E-state index in [1.807, 2.05) is 0 Å². The molecule has 0 saturated carbocycles. The molecule has 0 radical (unpaired) electrons. The standard InChI is InChI=1S/C18H19F3O4S/c1-11(2)14-9-17(24-4)15(18(19,20)21)10-16(14)25-26(22,23)13-7-5-12(3)6-8-13/h5-11H,1-4H3. The van der Waals surface area contributed by atoms with Crippen LogP contribution in [0.15, 0.2) is 41.3 Å². The van der Waals surface area contributed by atoms with Crippen LogP contribution in [0, 0.1) is 6.92 Å². The van der Waals surface area contributed by atoms with Crippen molar-refractivity contribution in [3.63, 3.8) is 0 Å². The predicted octanol–water partition coefficient (Wildman–Crippen LogP) is 4.91. The molecule has 0 N–H and O–H groups in total. The van der Waals surface area contributed by atoms with E-state index in [1.54, 1.807) is 32.9 Å². The largest absolute Gasteiger partial charge is 0.496 e. The summed E-state index contributed by atoms with van der Waals surface area (Å²) in [6.45, 7) is 5.22. The Kier molecular flexibility index (Phi) is 5.55. The van der Waals surface area contributed by atoms with E-state index < -0.39 is 21.9 Å². The highest BCUT2D eigenvalue weighted by Crippen LogP contribution is 2.42. The van der Waals surface area contributed by atoms with Crippen LogP contribution in [0.2, 0.25) is 0 Å². The summed E-state index contributed by atoms with van der Waals surface area (Å²) in [6.07, 6.45) is -4.72. The molecule has 8 heteroatoms. The van der Waals surface area contributed by atoms with E-state index in [-0.39, 0.29) is 22.3 Å². The molecule has 4 nitrogen and oxygen atoms in total. The molecule has 0 spiro atoms. The Morgan fingerprint density at radius 2 is 1.58 bits per heavy atom. The van der Waals surface area contributed by atoms with Crippen LogP contribution in [0.4, 0.5) is 13.2 Å². The van der Waals surface area contributed by atoms with Crippen LogP contribution in [0.5, 0.6) is 11.5 Å². The Hall–Kier alpha value is -2.22. The second-order valence-electron chi connectivity index (χ2n) is 6.09. The molecule has 0 aliphatic heterocycles. The number of methoxy groups -OCH3 is 1. The Bertz CT molecular complexity index is 886. The van der Waals surface area contributed by atoms with Gasteiger partial charge in [-0.1, -0.05) is 31.5 Å². The SMILES string of the molecule is COc1cc(C(C)C)c(OS(=O)(=O)c2ccc(C)cc2)cc1C(F)(F)F. The number of alkyl halides is 3. The summed E-state index contributed by atoms with van der Waals surface area (Å²) in [5, 5.41) is 0. The molecule has 0 heterocycles. The zero-order chi connectivity index (χ0) is 19.7. The van der Waals surface area contributed by atoms with Gasteiger partial charge in [0.05, 0.1) is 7.11 Å². The average Bonchev–Trinajstić information content (AvgIpc) is 2.53. The highest BCUT2D eigenvalue weighted by Gasteiger charge is 2.36. The second kappa shape index (κ2) is 7.19. The number of rotatable bonds is 5. The monoisotopic (exact) mass is 388 g/mol. The fourth-order valence-corrected chi connectivity index (χ4v) is 3.31. The van der Waals surface area contributed by atoms with Gasteiger partial charge in [-0.25, -0.2) is 0 Å². The van der Waals surface area contributed by atoms with Crippen molar-refractivity contribution in [2.75, 3.05) is 7.11 Å². The van der Waals surface area contributed by atoms with Gasteiger partial charge in [0.1, 0.15) is 22.0 Å². The molecule has 0 aliphatic carbocycles. The third kappa shape index (κ3) is 4.30. The summed E-state index contributed by atoms with van der Waals surface area (Å²) in [4.78, 5) is -0.137. The molecule has 0 atom stereocenters. The Balaban J connectivity index is 2.58. The van der Waals surface area contributed by atoms with Crippen molar-refractivity contribution in [2.45, 2.75) is 37.8 Å². The van der Waals surface area contributed by atoms with Gasteiger partial charge in [-0.3, -0.25) is 0 Å². The number of aryl methyl sites for hydroxylation is 1. The van der Waals surface area contributed by atoms with Crippen LogP contribution >= 0.6 is 0 Å². The molecule has 0 unspecified atom stereocenters. The fourth-order valence-electron chi connectivity index (χ4n) is 2.36. The normalized spacial score (nSPS) is 12.3. The van der Waals surface area contributed by atoms with Crippen molar-refractivity contribution in [2.24, 2.45) is 0 Å². The number of ether oxygens (including phenoxy) is 1. The summed E-state index contributed by atoms with van der Waals surface area (Å²) < 4.78 is 74.6. The molecule has 142 valence electrons. The lowest BCUT2D eigenvalue weighted by atomic mass is 9.99. The van der Waals surface area contributed by atoms with Gasteiger partial charge in [0.2, 0.25) is 0 Å². The van der Waals surface area contributed by atoms with Crippen molar-refractivity contribution in [3.05, 3.63) is 53.1 Å². The molecule has 0 aromatic heterocycles. The van der Waals surface area contributed by atoms with E-state index in [1.165, 1.54) is 12.1 Å². The summed E-state index contributed by atoms with van der Waals surface area (Å²) in [7, 11) is -3.15. The zero-order valence-corrected chi connectivity index (χ0v) is 15.5. The summed E-state index contributed by atoms with van der Waals surface area (Å²) in [5.74, 6) is -1.04. The minimum Gasteiger partial charge on any atom is -0.496 e. The third-order valence-electron chi connectivity index (χ3n) is 3.77. The molecule has 26 heavy (non-hydrogen) atoms. The van der Waals surface area contributed by atoms with Gasteiger partial charge >= 0.3 is 16.3 Å². The van der Waals surface area contributed by atoms with Crippen LogP contribution in [-0.2, 0) is 16.3 Å². The van der Waals surface area contributed by atoms with E-state index >= 15 is 0 Å². The molecular formula is C18H19F3O4S. The summed E-state index contributed by atoms with van der Waals surface area (Å²) >= 11 is 0. The smallest absolute Gasteiger partial charge is 0.420 e. The summed E-state index contributed by atoms with van der Waals surface area (Å²) in [6, 6.07) is 7.67. The second-order valence-corrected chi connectivity index (χ2v) is 7.64. The Morgan fingerprint density at radius 3 is 2.04 bits per heavy atom. The van der Waals surface area contributed by atoms with Crippen molar-refractivity contribution in [3.8, 4) is 11.5 Å². The maximum atomic E-state index is 13.3. The minimum absolute atomic E-state index is 0.137. The minimum atomic E-state index is -4.72. The number of benzene rings is 2. The molecule has 2 aromatic rings. The zero-order valence-electron chi connectivity index (χ0n) is 14.7. The number of halogens is 3. The maximum absolute atomic E-state index is 13.3. The lowest BCUT2D eigenvalue weighted by molar-refractivity contribution is -0.138. The number of hydrogen-bond acceptors (Lipinski definition) is 4. The first-order valence-electron chi connectivity index (χ1n) is 7.76. The van der Waals surface area contributed by atoms with Crippen LogP contribution in [0.3, 0.4) is 0 Å². The van der Waals surface area contributed by atoms with Crippen LogP contribution in [0.25, 0.3) is 0 Å². The molecular weight excluding hydrogens is 369 g/mol. The quantitative estimate of drug-likeness (QED) is 0.683. The van der Waals surface area contributed by atoms with Crippen LogP contribution in [-0.4, -0.2) is 15.5 Å². The van der Waals surface area contributed by atoms with E-state index in [0.717, 1.165) is 18.7 Å². The molecule has 0 bridgehead atoms. The van der Waals surface area contributed by atoms with Gasteiger partial charge in [0.15, 0.2) is 0 Å². The molecule has 2 aromatic carbocycles. The molecule has 0 fully saturated rings. The lowest BCUT2D eigenvalue weighted by Crippen LogP contribution is -2.14. The summed E-state index contributed by atoms with van der Waals surface area (Å²) in [5.41, 5.74) is 0.0414. The van der Waals surface area contributed by atoms with E-state index in [2.05, 4.69) is 0 Å². The van der Waals surface area contributed by atoms with Gasteiger partial charge in [-0.15, -0.1) is 0 Å². The van der Waals surface area contributed by atoms with Crippen LogP contribution in [0.1, 0.15) is 36.5 Å². The molecule has 0 saturated heterocycles. The van der Waals surface area contributed by atoms with Gasteiger partial charge < -0.3 is 8.92 Å².